The molecule has 1 aromatic heterocycles. The number of aromatic nitrogens is 1. The lowest BCUT2D eigenvalue weighted by molar-refractivity contribution is 0.102. The van der Waals surface area contributed by atoms with Crippen LogP contribution in [0.15, 0.2) is 36.4 Å². The van der Waals surface area contributed by atoms with Crippen LogP contribution < -0.4 is 19.5 Å². The molecule has 2 N–H and O–H groups in total. The number of hydrogen-bond acceptors (Lipinski definition) is 4. The number of rotatable bonds is 5. The number of nitrogens with one attached hydrogen (secondary N) is 2. The van der Waals surface area contributed by atoms with Gasteiger partial charge in [-0.15, -0.1) is 0 Å². The Morgan fingerprint density at radius 1 is 1.04 bits per heavy atom. The molecule has 2 aromatic carbocycles. The summed E-state index contributed by atoms with van der Waals surface area (Å²) < 4.78 is 29.3. The molecule has 0 aliphatic carbocycles. The maximum absolute atomic E-state index is 13.3. The van der Waals surface area contributed by atoms with Gasteiger partial charge in [-0.1, -0.05) is 6.07 Å². The first-order valence-corrected chi connectivity index (χ1v) is 7.46. The van der Waals surface area contributed by atoms with Gasteiger partial charge in [0, 0.05) is 17.1 Å². The fourth-order valence-electron chi connectivity index (χ4n) is 2.62. The van der Waals surface area contributed by atoms with E-state index in [9.17, 15) is 9.18 Å². The lowest BCUT2D eigenvalue weighted by Gasteiger charge is -2.11. The van der Waals surface area contributed by atoms with Crippen molar-refractivity contribution in [1.82, 2.24) is 4.98 Å². The molecule has 130 valence electrons. The molecule has 0 bridgehead atoms. The van der Waals surface area contributed by atoms with Crippen LogP contribution in [0.5, 0.6) is 17.2 Å². The number of aromatic amines is 1. The van der Waals surface area contributed by atoms with Crippen molar-refractivity contribution < 1.29 is 23.4 Å². The molecule has 0 aliphatic rings. The Hall–Kier alpha value is -3.22. The molecular formula is C18H17FN2O4. The van der Waals surface area contributed by atoms with Crippen LogP contribution in [0.3, 0.4) is 0 Å². The molecule has 0 saturated carbocycles. The van der Waals surface area contributed by atoms with Crippen LogP contribution in [0.25, 0.3) is 10.9 Å². The highest BCUT2D eigenvalue weighted by Crippen LogP contribution is 2.41. The maximum atomic E-state index is 13.3. The first-order valence-electron chi connectivity index (χ1n) is 7.46. The van der Waals surface area contributed by atoms with E-state index in [1.165, 1.54) is 39.5 Å². The SMILES string of the molecule is COc1cc(OC)c2cc(C(=O)Nc3cccc(F)c3)[nH]c2c1OC. The van der Waals surface area contributed by atoms with Crippen LogP contribution in [0, 0.1) is 5.82 Å². The summed E-state index contributed by atoms with van der Waals surface area (Å²) >= 11 is 0. The highest BCUT2D eigenvalue weighted by molar-refractivity contribution is 6.07. The first kappa shape index (κ1) is 16.6. The van der Waals surface area contributed by atoms with Gasteiger partial charge in [0.15, 0.2) is 11.5 Å². The van der Waals surface area contributed by atoms with Crippen LogP contribution >= 0.6 is 0 Å². The molecule has 7 heteroatoms. The second kappa shape index (κ2) is 6.72. The van der Waals surface area contributed by atoms with Crippen LogP contribution in [-0.2, 0) is 0 Å². The van der Waals surface area contributed by atoms with Crippen molar-refractivity contribution in [2.45, 2.75) is 0 Å². The number of amides is 1. The Labute approximate surface area is 143 Å². The van der Waals surface area contributed by atoms with Crippen molar-refractivity contribution in [2.24, 2.45) is 0 Å². The zero-order chi connectivity index (χ0) is 18.0. The summed E-state index contributed by atoms with van der Waals surface area (Å²) in [5.41, 5.74) is 1.22. The van der Waals surface area contributed by atoms with E-state index in [0.29, 0.717) is 33.8 Å². The summed E-state index contributed by atoms with van der Waals surface area (Å²) in [6, 6.07) is 9.00. The molecule has 0 aliphatic heterocycles. The van der Waals surface area contributed by atoms with Crippen LogP contribution in [0.2, 0.25) is 0 Å². The number of benzene rings is 2. The molecule has 6 nitrogen and oxygen atoms in total. The predicted molar refractivity (Wildman–Crippen MR) is 92.3 cm³/mol. The summed E-state index contributed by atoms with van der Waals surface area (Å²) in [6.07, 6.45) is 0. The van der Waals surface area contributed by atoms with Crippen LogP contribution in [0.4, 0.5) is 10.1 Å². The molecule has 0 saturated heterocycles. The Bertz CT molecular complexity index is 936. The third kappa shape index (κ3) is 3.08. The van der Waals surface area contributed by atoms with Crippen LogP contribution in [0.1, 0.15) is 10.5 Å². The molecule has 0 fully saturated rings. The molecule has 3 aromatic rings. The molecule has 0 radical (unpaired) electrons. The van der Waals surface area contributed by atoms with Gasteiger partial charge >= 0.3 is 0 Å². The predicted octanol–water partition coefficient (Wildman–Crippen LogP) is 3.59. The molecule has 0 unspecified atom stereocenters. The van der Waals surface area contributed by atoms with E-state index in [4.69, 9.17) is 14.2 Å². The van der Waals surface area contributed by atoms with E-state index in [1.807, 2.05) is 0 Å². The standard InChI is InChI=1S/C18H17FN2O4/c1-23-14-9-15(24-2)17(25-3)16-12(14)8-13(21-16)18(22)20-11-6-4-5-10(19)7-11/h4-9,21H,1-3H3,(H,20,22). The van der Waals surface area contributed by atoms with Crippen LogP contribution in [-0.4, -0.2) is 32.2 Å². The fraction of sp³-hybridized carbons (Fsp3) is 0.167. The zero-order valence-corrected chi connectivity index (χ0v) is 14.0. The van der Waals surface area contributed by atoms with Gasteiger partial charge in [0.2, 0.25) is 0 Å². The number of carbonyl (C=O) groups is 1. The molecule has 1 amide bonds. The van der Waals surface area contributed by atoms with E-state index >= 15 is 0 Å². The summed E-state index contributed by atoms with van der Waals surface area (Å²) in [6.45, 7) is 0. The van der Waals surface area contributed by atoms with Crippen molar-refractivity contribution in [3.05, 3.63) is 47.9 Å². The largest absolute Gasteiger partial charge is 0.496 e. The lowest BCUT2D eigenvalue weighted by atomic mass is 10.2. The number of H-pyrrole nitrogens is 1. The summed E-state index contributed by atoms with van der Waals surface area (Å²) in [4.78, 5) is 15.5. The lowest BCUT2D eigenvalue weighted by Crippen LogP contribution is -2.12. The van der Waals surface area contributed by atoms with Gasteiger partial charge < -0.3 is 24.5 Å². The summed E-state index contributed by atoms with van der Waals surface area (Å²) in [5, 5.41) is 3.31. The quantitative estimate of drug-likeness (QED) is 0.742. The molecular weight excluding hydrogens is 327 g/mol. The first-order chi connectivity index (χ1) is 12.1. The molecule has 3 rings (SSSR count). The van der Waals surface area contributed by atoms with Gasteiger partial charge in [-0.2, -0.15) is 0 Å². The Morgan fingerprint density at radius 3 is 2.44 bits per heavy atom. The van der Waals surface area contributed by atoms with E-state index in [0.717, 1.165) is 0 Å². The number of hydrogen-bond donors (Lipinski definition) is 2. The Balaban J connectivity index is 2.04. The number of methoxy groups -OCH3 is 3. The van der Waals surface area contributed by atoms with Gasteiger partial charge in [0.1, 0.15) is 17.3 Å². The van der Waals surface area contributed by atoms with E-state index in [-0.39, 0.29) is 5.69 Å². The zero-order valence-electron chi connectivity index (χ0n) is 14.0. The van der Waals surface area contributed by atoms with Crippen molar-refractivity contribution in [2.75, 3.05) is 26.6 Å². The number of halogens is 1. The average molecular weight is 344 g/mol. The third-order valence-corrected chi connectivity index (χ3v) is 3.77. The van der Waals surface area contributed by atoms with Crippen molar-refractivity contribution in [3.63, 3.8) is 0 Å². The Kier molecular flexibility index (Phi) is 4.47. The molecule has 0 atom stereocenters. The summed E-state index contributed by atoms with van der Waals surface area (Å²) in [5.74, 6) is 0.634. The van der Waals surface area contributed by atoms with Crippen molar-refractivity contribution in [3.8, 4) is 17.2 Å². The minimum Gasteiger partial charge on any atom is -0.496 e. The molecule has 1 heterocycles. The number of fused-ring (bicyclic) bond motifs is 1. The second-order valence-electron chi connectivity index (χ2n) is 5.25. The minimum atomic E-state index is -0.428. The second-order valence-corrected chi connectivity index (χ2v) is 5.25. The third-order valence-electron chi connectivity index (χ3n) is 3.77. The normalized spacial score (nSPS) is 10.6. The fourth-order valence-corrected chi connectivity index (χ4v) is 2.62. The van der Waals surface area contributed by atoms with Gasteiger partial charge in [-0.25, -0.2) is 4.39 Å². The maximum Gasteiger partial charge on any atom is 0.272 e. The minimum absolute atomic E-state index is 0.282. The van der Waals surface area contributed by atoms with E-state index in [1.54, 1.807) is 18.2 Å². The number of anilines is 1. The van der Waals surface area contributed by atoms with E-state index < -0.39 is 11.7 Å². The Morgan fingerprint density at radius 2 is 1.80 bits per heavy atom. The van der Waals surface area contributed by atoms with E-state index in [2.05, 4.69) is 10.3 Å². The van der Waals surface area contributed by atoms with Crippen molar-refractivity contribution in [1.29, 1.82) is 0 Å². The summed E-state index contributed by atoms with van der Waals surface area (Å²) in [7, 11) is 4.56. The topological polar surface area (TPSA) is 72.6 Å². The smallest absolute Gasteiger partial charge is 0.272 e. The highest BCUT2D eigenvalue weighted by Gasteiger charge is 2.19. The molecule has 25 heavy (non-hydrogen) atoms. The average Bonchev–Trinajstić information content (AvgIpc) is 3.05. The van der Waals surface area contributed by atoms with Gasteiger partial charge in [-0.3, -0.25) is 4.79 Å². The monoisotopic (exact) mass is 344 g/mol. The van der Waals surface area contributed by atoms with Gasteiger partial charge in [-0.05, 0) is 24.3 Å². The number of carbonyl (C=O) groups excluding carboxylic acids is 1. The highest BCUT2D eigenvalue weighted by atomic mass is 19.1. The molecule has 0 spiro atoms. The van der Waals surface area contributed by atoms with Crippen molar-refractivity contribution >= 4 is 22.5 Å². The van der Waals surface area contributed by atoms with Gasteiger partial charge in [0.05, 0.1) is 26.8 Å². The van der Waals surface area contributed by atoms with Gasteiger partial charge in [0.25, 0.3) is 5.91 Å². The number of ether oxygens (including phenoxy) is 3.